The van der Waals surface area contributed by atoms with Crippen LogP contribution in [0.15, 0.2) is 53.4 Å². The Balaban J connectivity index is 1.50. The van der Waals surface area contributed by atoms with Crippen molar-refractivity contribution in [1.82, 2.24) is 14.8 Å². The molecule has 1 aliphatic rings. The fourth-order valence-electron chi connectivity index (χ4n) is 3.53. The first-order chi connectivity index (χ1) is 14.4. The monoisotopic (exact) mass is 444 g/mol. The highest BCUT2D eigenvalue weighted by molar-refractivity contribution is 7.92. The average molecular weight is 445 g/mol. The minimum atomic E-state index is -3.76. The first-order valence-electron chi connectivity index (χ1n) is 9.73. The van der Waals surface area contributed by atoms with E-state index in [0.717, 1.165) is 43.0 Å². The van der Waals surface area contributed by atoms with Gasteiger partial charge in [-0.15, -0.1) is 10.2 Å². The minimum absolute atomic E-state index is 0.0574. The number of nitrogens with zero attached hydrogens (tertiary/aromatic N) is 3. The number of fused-ring (bicyclic) bond motifs is 1. The topological polar surface area (TPSA) is 93.9 Å². The van der Waals surface area contributed by atoms with Gasteiger partial charge in [-0.3, -0.25) is 4.79 Å². The van der Waals surface area contributed by atoms with Crippen LogP contribution in [-0.4, -0.2) is 34.8 Å². The van der Waals surface area contributed by atoms with Crippen LogP contribution in [0.1, 0.15) is 25.1 Å². The van der Waals surface area contributed by atoms with E-state index >= 15 is 0 Å². The van der Waals surface area contributed by atoms with Gasteiger partial charge in [0.05, 0.1) is 4.90 Å². The number of nitrogens with one attached hydrogen (secondary N) is 1. The number of hydrogen-bond donors (Lipinski definition) is 1. The van der Waals surface area contributed by atoms with Crippen LogP contribution in [0.25, 0.3) is 11.4 Å². The van der Waals surface area contributed by atoms with Gasteiger partial charge in [0.2, 0.25) is 5.91 Å². The summed E-state index contributed by atoms with van der Waals surface area (Å²) in [6.07, 6.45) is 4.26. The Morgan fingerprint density at radius 2 is 1.87 bits per heavy atom. The minimum Gasteiger partial charge on any atom is -0.325 e. The summed E-state index contributed by atoms with van der Waals surface area (Å²) in [5.74, 6) is 0.476. The molecule has 0 atom stereocenters. The Kier molecular flexibility index (Phi) is 5.87. The van der Waals surface area contributed by atoms with Gasteiger partial charge in [-0.05, 0) is 49.2 Å². The van der Waals surface area contributed by atoms with E-state index in [1.807, 2.05) is 6.07 Å². The molecule has 0 saturated carbocycles. The van der Waals surface area contributed by atoms with Crippen molar-refractivity contribution in [2.45, 2.75) is 37.1 Å². The van der Waals surface area contributed by atoms with Crippen LogP contribution in [0.3, 0.4) is 0 Å². The summed E-state index contributed by atoms with van der Waals surface area (Å²) in [5.41, 5.74) is 1.34. The second kappa shape index (κ2) is 8.57. The predicted molar refractivity (Wildman–Crippen MR) is 115 cm³/mol. The van der Waals surface area contributed by atoms with Crippen molar-refractivity contribution in [1.29, 1.82) is 0 Å². The van der Waals surface area contributed by atoms with E-state index in [9.17, 15) is 13.2 Å². The summed E-state index contributed by atoms with van der Waals surface area (Å²) in [7, 11) is -3.76. The van der Waals surface area contributed by atoms with Crippen molar-refractivity contribution < 1.29 is 13.2 Å². The van der Waals surface area contributed by atoms with Gasteiger partial charge < -0.3 is 9.88 Å². The van der Waals surface area contributed by atoms with Crippen LogP contribution < -0.4 is 5.32 Å². The third-order valence-corrected chi connectivity index (χ3v) is 6.89. The Morgan fingerprint density at radius 1 is 1.07 bits per heavy atom. The third kappa shape index (κ3) is 4.55. The molecule has 0 aliphatic carbocycles. The van der Waals surface area contributed by atoms with Crippen molar-refractivity contribution in [2.24, 2.45) is 0 Å². The molecule has 0 bridgehead atoms. The summed E-state index contributed by atoms with van der Waals surface area (Å²) in [6.45, 7) is 0.869. The van der Waals surface area contributed by atoms with Gasteiger partial charge in [0.25, 0.3) is 0 Å². The summed E-state index contributed by atoms with van der Waals surface area (Å²) >= 11 is 5.80. The zero-order valence-electron chi connectivity index (χ0n) is 16.2. The van der Waals surface area contributed by atoms with Crippen LogP contribution in [0.2, 0.25) is 5.02 Å². The maximum atomic E-state index is 12.5. The number of anilines is 1. The Hall–Kier alpha value is -2.71. The summed E-state index contributed by atoms with van der Waals surface area (Å²) < 4.78 is 27.1. The highest BCUT2D eigenvalue weighted by Crippen LogP contribution is 2.25. The molecule has 2 heterocycles. The van der Waals surface area contributed by atoms with Gasteiger partial charge in [-0.1, -0.05) is 30.2 Å². The Bertz CT molecular complexity index is 1170. The zero-order chi connectivity index (χ0) is 21.1. The molecule has 1 aliphatic heterocycles. The van der Waals surface area contributed by atoms with Crippen molar-refractivity contribution >= 4 is 33.0 Å². The third-order valence-electron chi connectivity index (χ3n) is 5.01. The molecule has 4 rings (SSSR count). The standard InChI is InChI=1S/C21H21ClN4O3S/c22-16-8-10-18(11-9-16)30(28,29)14-20(27)23-17-6-4-5-15(13-17)21-25-24-19-7-2-1-3-12-26(19)21/h4-6,8-11,13H,1-3,7,12,14H2,(H,23,27). The number of rotatable bonds is 5. The lowest BCUT2D eigenvalue weighted by Crippen LogP contribution is -2.23. The summed E-state index contributed by atoms with van der Waals surface area (Å²) in [6, 6.07) is 13.0. The molecule has 0 spiro atoms. The molecule has 0 fully saturated rings. The molecule has 0 radical (unpaired) electrons. The number of amides is 1. The van der Waals surface area contributed by atoms with E-state index in [-0.39, 0.29) is 4.90 Å². The fraction of sp³-hybridized carbons (Fsp3) is 0.286. The SMILES string of the molecule is O=C(CS(=O)(=O)c1ccc(Cl)cc1)Nc1cccc(-c2nnc3n2CCCCC3)c1. The largest absolute Gasteiger partial charge is 0.325 e. The summed E-state index contributed by atoms with van der Waals surface area (Å²) in [5, 5.41) is 11.7. The smallest absolute Gasteiger partial charge is 0.239 e. The van der Waals surface area contributed by atoms with Crippen LogP contribution in [0.5, 0.6) is 0 Å². The lowest BCUT2D eigenvalue weighted by atomic mass is 10.2. The number of benzene rings is 2. The quantitative estimate of drug-likeness (QED) is 0.647. The molecule has 1 amide bonds. The lowest BCUT2D eigenvalue weighted by Gasteiger charge is -2.10. The summed E-state index contributed by atoms with van der Waals surface area (Å²) in [4.78, 5) is 12.5. The zero-order valence-corrected chi connectivity index (χ0v) is 17.8. The average Bonchev–Trinajstić information content (AvgIpc) is 2.96. The normalized spacial score (nSPS) is 14.0. The van der Waals surface area contributed by atoms with Crippen LogP contribution in [0, 0.1) is 0 Å². The molecule has 3 aromatic rings. The van der Waals surface area contributed by atoms with Gasteiger partial charge in [0, 0.05) is 29.2 Å². The highest BCUT2D eigenvalue weighted by atomic mass is 35.5. The molecule has 30 heavy (non-hydrogen) atoms. The molecule has 9 heteroatoms. The second-order valence-electron chi connectivity index (χ2n) is 7.24. The Labute approximate surface area is 180 Å². The first-order valence-corrected chi connectivity index (χ1v) is 11.8. The van der Waals surface area contributed by atoms with E-state index in [2.05, 4.69) is 20.1 Å². The first kappa shape index (κ1) is 20.6. The molecule has 0 unspecified atom stereocenters. The van der Waals surface area contributed by atoms with Gasteiger partial charge in [-0.25, -0.2) is 8.42 Å². The number of hydrogen-bond acceptors (Lipinski definition) is 5. The van der Waals surface area contributed by atoms with E-state index in [0.29, 0.717) is 10.7 Å². The molecule has 0 saturated heterocycles. The van der Waals surface area contributed by atoms with E-state index < -0.39 is 21.5 Å². The van der Waals surface area contributed by atoms with E-state index in [1.54, 1.807) is 18.2 Å². The number of halogens is 1. The number of aryl methyl sites for hydroxylation is 1. The van der Waals surface area contributed by atoms with E-state index in [1.165, 1.54) is 30.7 Å². The second-order valence-corrected chi connectivity index (χ2v) is 9.67. The number of aromatic nitrogens is 3. The van der Waals surface area contributed by atoms with Gasteiger partial charge in [0.1, 0.15) is 11.6 Å². The molecular weight excluding hydrogens is 424 g/mol. The lowest BCUT2D eigenvalue weighted by molar-refractivity contribution is -0.113. The van der Waals surface area contributed by atoms with Crippen molar-refractivity contribution in [2.75, 3.05) is 11.1 Å². The van der Waals surface area contributed by atoms with Crippen molar-refractivity contribution in [3.05, 3.63) is 59.4 Å². The molecular formula is C21H21ClN4O3S. The molecule has 7 nitrogen and oxygen atoms in total. The van der Waals surface area contributed by atoms with Gasteiger partial charge >= 0.3 is 0 Å². The number of sulfone groups is 1. The number of carbonyl (C=O) groups excluding carboxylic acids is 1. The fourth-order valence-corrected chi connectivity index (χ4v) is 4.79. The van der Waals surface area contributed by atoms with Crippen LogP contribution >= 0.6 is 11.6 Å². The van der Waals surface area contributed by atoms with Crippen molar-refractivity contribution in [3.63, 3.8) is 0 Å². The van der Waals surface area contributed by atoms with Gasteiger partial charge in [-0.2, -0.15) is 0 Å². The maximum Gasteiger partial charge on any atom is 0.239 e. The maximum absolute atomic E-state index is 12.5. The molecule has 1 N–H and O–H groups in total. The predicted octanol–water partition coefficient (Wildman–Crippen LogP) is 3.74. The Morgan fingerprint density at radius 3 is 2.67 bits per heavy atom. The number of carbonyl (C=O) groups is 1. The van der Waals surface area contributed by atoms with Crippen molar-refractivity contribution in [3.8, 4) is 11.4 Å². The van der Waals surface area contributed by atoms with Crippen LogP contribution in [-0.2, 0) is 27.6 Å². The molecule has 1 aromatic heterocycles. The van der Waals surface area contributed by atoms with Gasteiger partial charge in [0.15, 0.2) is 15.7 Å². The highest BCUT2D eigenvalue weighted by Gasteiger charge is 2.20. The molecule has 2 aromatic carbocycles. The molecule has 156 valence electrons. The van der Waals surface area contributed by atoms with Crippen LogP contribution in [0.4, 0.5) is 5.69 Å². The van der Waals surface area contributed by atoms with E-state index in [4.69, 9.17) is 11.6 Å².